The number of carbonyl (C=O) groups is 1. The lowest BCUT2D eigenvalue weighted by Gasteiger charge is -2.18. The standard InChI is InChI=1S/C18H18BrNO/c1-2-12-7-3-6-10-15(12)18(21)20-17-14-9-5-4-8-13(14)11-16(17)19/h3-10,16-17H,2,11H2,1H3,(H,20,21). The molecule has 3 rings (SSSR count). The summed E-state index contributed by atoms with van der Waals surface area (Å²) in [7, 11) is 0. The number of carbonyl (C=O) groups excluding carboxylic acids is 1. The highest BCUT2D eigenvalue weighted by atomic mass is 79.9. The van der Waals surface area contributed by atoms with Crippen LogP contribution in [0.4, 0.5) is 0 Å². The van der Waals surface area contributed by atoms with Gasteiger partial charge in [-0.3, -0.25) is 4.79 Å². The van der Waals surface area contributed by atoms with Crippen molar-refractivity contribution >= 4 is 21.8 Å². The molecule has 3 heteroatoms. The normalized spacial score (nSPS) is 20.1. The third-order valence-electron chi connectivity index (χ3n) is 4.10. The summed E-state index contributed by atoms with van der Waals surface area (Å²) in [5.74, 6) is 0.0126. The fraction of sp³-hybridized carbons (Fsp3) is 0.278. The summed E-state index contributed by atoms with van der Waals surface area (Å²) in [6.45, 7) is 2.07. The van der Waals surface area contributed by atoms with Crippen molar-refractivity contribution in [2.75, 3.05) is 0 Å². The summed E-state index contributed by atoms with van der Waals surface area (Å²) >= 11 is 3.71. The van der Waals surface area contributed by atoms with Crippen LogP contribution in [0, 0.1) is 0 Å². The SMILES string of the molecule is CCc1ccccc1C(=O)NC1c2ccccc2CC1Br. The van der Waals surface area contributed by atoms with E-state index >= 15 is 0 Å². The van der Waals surface area contributed by atoms with Crippen LogP contribution >= 0.6 is 15.9 Å². The van der Waals surface area contributed by atoms with Crippen LogP contribution in [0.15, 0.2) is 48.5 Å². The van der Waals surface area contributed by atoms with Gasteiger partial charge in [-0.15, -0.1) is 0 Å². The number of benzene rings is 2. The Hall–Kier alpha value is -1.61. The van der Waals surface area contributed by atoms with Crippen LogP contribution in [0.1, 0.15) is 40.0 Å². The highest BCUT2D eigenvalue weighted by molar-refractivity contribution is 9.09. The second-order valence-corrected chi connectivity index (χ2v) is 6.56. The topological polar surface area (TPSA) is 29.1 Å². The number of halogens is 1. The monoisotopic (exact) mass is 343 g/mol. The molecule has 0 fully saturated rings. The van der Waals surface area contributed by atoms with E-state index in [9.17, 15) is 4.79 Å². The molecule has 1 amide bonds. The maximum atomic E-state index is 12.6. The average Bonchev–Trinajstić information content (AvgIpc) is 2.83. The highest BCUT2D eigenvalue weighted by Crippen LogP contribution is 2.35. The van der Waals surface area contributed by atoms with Gasteiger partial charge in [-0.1, -0.05) is 65.3 Å². The molecule has 0 bridgehead atoms. The van der Waals surface area contributed by atoms with Gasteiger partial charge in [0.05, 0.1) is 6.04 Å². The molecule has 0 aromatic heterocycles. The van der Waals surface area contributed by atoms with E-state index in [1.165, 1.54) is 11.1 Å². The summed E-state index contributed by atoms with van der Waals surface area (Å²) in [6, 6.07) is 16.2. The number of fused-ring (bicyclic) bond motifs is 1. The van der Waals surface area contributed by atoms with E-state index in [1.54, 1.807) is 0 Å². The maximum absolute atomic E-state index is 12.6. The highest BCUT2D eigenvalue weighted by Gasteiger charge is 2.31. The smallest absolute Gasteiger partial charge is 0.252 e. The van der Waals surface area contributed by atoms with Gasteiger partial charge >= 0.3 is 0 Å². The van der Waals surface area contributed by atoms with Crippen molar-refractivity contribution in [1.29, 1.82) is 0 Å². The van der Waals surface area contributed by atoms with Crippen molar-refractivity contribution in [3.63, 3.8) is 0 Å². The van der Waals surface area contributed by atoms with Crippen LogP contribution in [0.5, 0.6) is 0 Å². The van der Waals surface area contributed by atoms with Crippen LogP contribution in [0.25, 0.3) is 0 Å². The molecule has 0 saturated carbocycles. The van der Waals surface area contributed by atoms with Gasteiger partial charge in [0.25, 0.3) is 5.91 Å². The Bertz CT molecular complexity index is 668. The van der Waals surface area contributed by atoms with Gasteiger partial charge in [0.15, 0.2) is 0 Å². The van der Waals surface area contributed by atoms with E-state index < -0.39 is 0 Å². The minimum Gasteiger partial charge on any atom is -0.344 e. The van der Waals surface area contributed by atoms with Gasteiger partial charge in [0.2, 0.25) is 0 Å². The molecular formula is C18H18BrNO. The number of rotatable bonds is 3. The number of hydrogen-bond acceptors (Lipinski definition) is 1. The van der Waals surface area contributed by atoms with Gasteiger partial charge in [0, 0.05) is 10.4 Å². The zero-order chi connectivity index (χ0) is 14.8. The molecule has 1 aliphatic rings. The first-order chi connectivity index (χ1) is 10.2. The summed E-state index contributed by atoms with van der Waals surface area (Å²) in [5, 5.41) is 3.19. The molecule has 0 radical (unpaired) electrons. The van der Waals surface area contributed by atoms with Crippen LogP contribution in [-0.2, 0) is 12.8 Å². The Morgan fingerprint density at radius 1 is 1.19 bits per heavy atom. The summed E-state index contributed by atoms with van der Waals surface area (Å²) < 4.78 is 0. The number of amides is 1. The van der Waals surface area contributed by atoms with Crippen LogP contribution < -0.4 is 5.32 Å². The van der Waals surface area contributed by atoms with Crippen molar-refractivity contribution in [2.45, 2.75) is 30.6 Å². The van der Waals surface area contributed by atoms with E-state index in [1.807, 2.05) is 30.3 Å². The minimum atomic E-state index is 0.0126. The first kappa shape index (κ1) is 14.3. The fourth-order valence-corrected chi connectivity index (χ4v) is 3.75. The molecule has 1 aliphatic carbocycles. The third kappa shape index (κ3) is 2.75. The Kier molecular flexibility index (Phi) is 4.11. The number of alkyl halides is 1. The Morgan fingerprint density at radius 3 is 2.71 bits per heavy atom. The van der Waals surface area contributed by atoms with Gasteiger partial charge in [0.1, 0.15) is 0 Å². The lowest BCUT2D eigenvalue weighted by Crippen LogP contribution is -2.32. The molecule has 0 aliphatic heterocycles. The van der Waals surface area contributed by atoms with Crippen molar-refractivity contribution in [2.24, 2.45) is 0 Å². The average molecular weight is 344 g/mol. The predicted octanol–water partition coefficient (Wildman–Crippen LogP) is 4.04. The molecule has 2 unspecified atom stereocenters. The maximum Gasteiger partial charge on any atom is 0.252 e. The number of hydrogen-bond donors (Lipinski definition) is 1. The predicted molar refractivity (Wildman–Crippen MR) is 88.9 cm³/mol. The van der Waals surface area contributed by atoms with E-state index in [0.717, 1.165) is 24.0 Å². The first-order valence-corrected chi connectivity index (χ1v) is 8.23. The third-order valence-corrected chi connectivity index (χ3v) is 4.95. The van der Waals surface area contributed by atoms with Crippen molar-refractivity contribution in [3.8, 4) is 0 Å². The molecule has 2 atom stereocenters. The van der Waals surface area contributed by atoms with Crippen molar-refractivity contribution < 1.29 is 4.79 Å². The lowest BCUT2D eigenvalue weighted by atomic mass is 10.0. The zero-order valence-electron chi connectivity index (χ0n) is 12.0. The molecule has 2 nitrogen and oxygen atoms in total. The molecule has 108 valence electrons. The first-order valence-electron chi connectivity index (χ1n) is 7.31. The second-order valence-electron chi connectivity index (χ2n) is 5.38. The second kappa shape index (κ2) is 6.02. The molecule has 21 heavy (non-hydrogen) atoms. The van der Waals surface area contributed by atoms with Crippen LogP contribution in [-0.4, -0.2) is 10.7 Å². The van der Waals surface area contributed by atoms with E-state index in [-0.39, 0.29) is 16.8 Å². The van der Waals surface area contributed by atoms with E-state index in [2.05, 4.69) is 46.4 Å². The largest absolute Gasteiger partial charge is 0.344 e. The molecular weight excluding hydrogens is 326 g/mol. The van der Waals surface area contributed by atoms with Gasteiger partial charge < -0.3 is 5.32 Å². The number of nitrogens with one attached hydrogen (secondary N) is 1. The molecule has 0 spiro atoms. The Labute approximate surface area is 133 Å². The molecule has 2 aromatic carbocycles. The van der Waals surface area contributed by atoms with E-state index in [4.69, 9.17) is 0 Å². The van der Waals surface area contributed by atoms with Crippen LogP contribution in [0.3, 0.4) is 0 Å². The molecule has 1 N–H and O–H groups in total. The van der Waals surface area contributed by atoms with Gasteiger partial charge in [-0.05, 0) is 35.6 Å². The molecule has 0 heterocycles. The number of aryl methyl sites for hydroxylation is 1. The quantitative estimate of drug-likeness (QED) is 0.837. The Morgan fingerprint density at radius 2 is 1.90 bits per heavy atom. The summed E-state index contributed by atoms with van der Waals surface area (Å²) in [5.41, 5.74) is 4.41. The molecule has 2 aromatic rings. The zero-order valence-corrected chi connectivity index (χ0v) is 13.6. The summed E-state index contributed by atoms with van der Waals surface area (Å²) in [6.07, 6.45) is 1.82. The van der Waals surface area contributed by atoms with Crippen molar-refractivity contribution in [1.82, 2.24) is 5.32 Å². The van der Waals surface area contributed by atoms with E-state index in [0.29, 0.717) is 0 Å². The summed E-state index contributed by atoms with van der Waals surface area (Å²) in [4.78, 5) is 12.9. The lowest BCUT2D eigenvalue weighted by molar-refractivity contribution is 0.0937. The van der Waals surface area contributed by atoms with Gasteiger partial charge in [-0.25, -0.2) is 0 Å². The van der Waals surface area contributed by atoms with Crippen molar-refractivity contribution in [3.05, 3.63) is 70.8 Å². The van der Waals surface area contributed by atoms with Gasteiger partial charge in [-0.2, -0.15) is 0 Å². The Balaban J connectivity index is 1.85. The van der Waals surface area contributed by atoms with Crippen LogP contribution in [0.2, 0.25) is 0 Å². The molecule has 0 saturated heterocycles. The fourth-order valence-electron chi connectivity index (χ4n) is 2.98. The minimum absolute atomic E-state index is 0.0126.